The second-order valence-corrected chi connectivity index (χ2v) is 6.66. The molecule has 5 nitrogen and oxygen atoms in total. The molecule has 2 N–H and O–H groups in total. The number of aliphatic hydroxyl groups is 1. The fourth-order valence-corrected chi connectivity index (χ4v) is 3.20. The summed E-state index contributed by atoms with van der Waals surface area (Å²) in [7, 11) is 0.464. The molecule has 6 heteroatoms. The van der Waals surface area contributed by atoms with E-state index in [1.54, 1.807) is 25.2 Å². The molecule has 1 atom stereocenters. The van der Waals surface area contributed by atoms with Crippen LogP contribution in [-0.2, 0) is 17.4 Å². The van der Waals surface area contributed by atoms with Crippen molar-refractivity contribution in [2.45, 2.75) is 11.5 Å². The predicted molar refractivity (Wildman–Crippen MR) is 88.7 cm³/mol. The van der Waals surface area contributed by atoms with Crippen LogP contribution in [-0.4, -0.2) is 44.6 Å². The monoisotopic (exact) mass is 333 g/mol. The lowest BCUT2D eigenvalue weighted by Gasteiger charge is -2.17. The fraction of sp³-hybridized carbons (Fsp3) is 0.235. The summed E-state index contributed by atoms with van der Waals surface area (Å²) >= 11 is 0. The van der Waals surface area contributed by atoms with E-state index in [4.69, 9.17) is 5.11 Å². The number of hydrogen-bond acceptors (Lipinski definition) is 4. The van der Waals surface area contributed by atoms with Crippen LogP contribution in [0.15, 0.2) is 53.4 Å². The number of hydrogen-bond donors (Lipinski definition) is 2. The van der Waals surface area contributed by atoms with Gasteiger partial charge in [0.1, 0.15) is 5.75 Å². The molecule has 0 aliphatic heterocycles. The van der Waals surface area contributed by atoms with Gasteiger partial charge in [0.05, 0.1) is 17.4 Å². The zero-order valence-corrected chi connectivity index (χ0v) is 13.6. The van der Waals surface area contributed by atoms with Crippen molar-refractivity contribution >= 4 is 16.7 Å². The summed E-state index contributed by atoms with van der Waals surface area (Å²) in [5.41, 5.74) is 0.696. The molecule has 1 amide bonds. The van der Waals surface area contributed by atoms with Gasteiger partial charge in [-0.2, -0.15) is 0 Å². The Morgan fingerprint density at radius 1 is 1.17 bits per heavy atom. The van der Waals surface area contributed by atoms with Gasteiger partial charge in [0.25, 0.3) is 5.91 Å². The number of amides is 1. The first-order valence-electron chi connectivity index (χ1n) is 7.14. The van der Waals surface area contributed by atoms with Gasteiger partial charge < -0.3 is 15.1 Å². The van der Waals surface area contributed by atoms with Gasteiger partial charge >= 0.3 is 0 Å². The van der Waals surface area contributed by atoms with Gasteiger partial charge in [-0.25, -0.2) is 0 Å². The summed E-state index contributed by atoms with van der Waals surface area (Å²) in [6.07, 6.45) is 0. The quantitative estimate of drug-likeness (QED) is 0.844. The summed E-state index contributed by atoms with van der Waals surface area (Å²) in [6.45, 7) is 0.0506. The molecule has 0 aliphatic carbocycles. The average Bonchev–Trinajstić information content (AvgIpc) is 2.59. The third-order valence-corrected chi connectivity index (χ3v) is 4.82. The summed E-state index contributed by atoms with van der Waals surface area (Å²) in [6, 6.07) is 13.5. The minimum absolute atomic E-state index is 0.111. The highest BCUT2D eigenvalue weighted by Crippen LogP contribution is 2.19. The van der Waals surface area contributed by atoms with Crippen LogP contribution >= 0.6 is 0 Å². The van der Waals surface area contributed by atoms with Crippen LogP contribution in [0.5, 0.6) is 5.75 Å². The Hall–Kier alpha value is -2.18. The number of aromatic hydroxyl groups is 1. The number of rotatable bonds is 6. The van der Waals surface area contributed by atoms with E-state index in [1.165, 1.54) is 17.0 Å². The normalized spacial score (nSPS) is 11.9. The molecule has 2 aromatic rings. The molecule has 0 aromatic heterocycles. The van der Waals surface area contributed by atoms with E-state index in [-0.39, 0.29) is 18.3 Å². The molecule has 2 aromatic carbocycles. The van der Waals surface area contributed by atoms with E-state index < -0.39 is 10.8 Å². The van der Waals surface area contributed by atoms with Gasteiger partial charge in [0.15, 0.2) is 0 Å². The summed E-state index contributed by atoms with van der Waals surface area (Å²) in [5.74, 6) is -0.0399. The third-order valence-electron chi connectivity index (χ3n) is 3.47. The first-order valence-corrected chi connectivity index (χ1v) is 8.46. The maximum atomic E-state index is 12.3. The molecule has 1 unspecified atom stereocenters. The molecule has 0 saturated heterocycles. The molecule has 0 fully saturated rings. The summed E-state index contributed by atoms with van der Waals surface area (Å²) in [4.78, 5) is 14.5. The van der Waals surface area contributed by atoms with E-state index in [9.17, 15) is 14.1 Å². The molecule has 0 heterocycles. The van der Waals surface area contributed by atoms with Crippen LogP contribution < -0.4 is 0 Å². The van der Waals surface area contributed by atoms with Crippen molar-refractivity contribution < 1.29 is 19.2 Å². The van der Waals surface area contributed by atoms with Crippen LogP contribution in [0.1, 0.15) is 15.9 Å². The van der Waals surface area contributed by atoms with Crippen LogP contribution in [0.4, 0.5) is 0 Å². The molecular weight excluding hydrogens is 314 g/mol. The van der Waals surface area contributed by atoms with Crippen LogP contribution in [0, 0.1) is 0 Å². The second kappa shape index (κ2) is 7.89. The maximum absolute atomic E-state index is 12.3. The average molecular weight is 333 g/mol. The van der Waals surface area contributed by atoms with Gasteiger partial charge in [0.2, 0.25) is 0 Å². The van der Waals surface area contributed by atoms with Crippen LogP contribution in [0.3, 0.4) is 0 Å². The maximum Gasteiger partial charge on any atom is 0.253 e. The Balaban J connectivity index is 1.97. The topological polar surface area (TPSA) is 77.8 Å². The minimum Gasteiger partial charge on any atom is -0.508 e. The predicted octanol–water partition coefficient (Wildman–Crippen LogP) is 1.76. The summed E-state index contributed by atoms with van der Waals surface area (Å²) in [5, 5.41) is 18.7. The highest BCUT2D eigenvalue weighted by Gasteiger charge is 2.14. The SMILES string of the molecule is CN(CCS(=O)c1ccccc1)C(=O)c1ccc(CO)c(O)c1. The standard InChI is InChI=1S/C17H19NO4S/c1-18(9-10-23(22)15-5-3-2-4-6-15)17(21)13-7-8-14(12-19)16(20)11-13/h2-8,11,19-20H,9-10,12H2,1H3. The van der Waals surface area contributed by atoms with Crippen molar-refractivity contribution in [2.24, 2.45) is 0 Å². The van der Waals surface area contributed by atoms with Crippen molar-refractivity contribution in [2.75, 3.05) is 19.3 Å². The van der Waals surface area contributed by atoms with Crippen molar-refractivity contribution in [3.8, 4) is 5.75 Å². The van der Waals surface area contributed by atoms with Crippen LogP contribution in [0.25, 0.3) is 0 Å². The van der Waals surface area contributed by atoms with E-state index in [0.717, 1.165) is 4.90 Å². The molecule has 0 saturated carbocycles. The van der Waals surface area contributed by atoms with Crippen molar-refractivity contribution in [3.63, 3.8) is 0 Å². The van der Waals surface area contributed by atoms with Crippen LogP contribution in [0.2, 0.25) is 0 Å². The molecule has 23 heavy (non-hydrogen) atoms. The van der Waals surface area contributed by atoms with Gasteiger partial charge in [0, 0.05) is 35.4 Å². The fourth-order valence-electron chi connectivity index (χ4n) is 2.06. The van der Waals surface area contributed by atoms with Gasteiger partial charge in [-0.15, -0.1) is 0 Å². The largest absolute Gasteiger partial charge is 0.508 e. The minimum atomic E-state index is -1.16. The zero-order chi connectivity index (χ0) is 16.8. The number of carbonyl (C=O) groups is 1. The van der Waals surface area contributed by atoms with E-state index in [0.29, 0.717) is 23.4 Å². The molecule has 0 bridgehead atoms. The smallest absolute Gasteiger partial charge is 0.253 e. The third kappa shape index (κ3) is 4.40. The Kier molecular flexibility index (Phi) is 5.90. The second-order valence-electron chi connectivity index (χ2n) is 5.09. The Labute approximate surface area is 137 Å². The van der Waals surface area contributed by atoms with Gasteiger partial charge in [-0.05, 0) is 24.3 Å². The number of nitrogens with zero attached hydrogens (tertiary/aromatic N) is 1. The highest BCUT2D eigenvalue weighted by atomic mass is 32.2. The van der Waals surface area contributed by atoms with Crippen molar-refractivity contribution in [1.82, 2.24) is 4.90 Å². The molecule has 122 valence electrons. The van der Waals surface area contributed by atoms with E-state index in [2.05, 4.69) is 0 Å². The zero-order valence-electron chi connectivity index (χ0n) is 12.8. The molecule has 0 aliphatic rings. The molecule has 2 rings (SSSR count). The Morgan fingerprint density at radius 2 is 1.87 bits per heavy atom. The van der Waals surface area contributed by atoms with E-state index >= 15 is 0 Å². The van der Waals surface area contributed by atoms with Crippen molar-refractivity contribution in [1.29, 1.82) is 0 Å². The van der Waals surface area contributed by atoms with Crippen molar-refractivity contribution in [3.05, 3.63) is 59.7 Å². The Bertz CT molecular complexity index is 703. The lowest BCUT2D eigenvalue weighted by atomic mass is 10.1. The molecular formula is C17H19NO4S. The summed E-state index contributed by atoms with van der Waals surface area (Å²) < 4.78 is 12.2. The van der Waals surface area contributed by atoms with Gasteiger partial charge in [-0.1, -0.05) is 24.3 Å². The number of benzene rings is 2. The lowest BCUT2D eigenvalue weighted by Crippen LogP contribution is -2.30. The number of carbonyl (C=O) groups excluding carboxylic acids is 1. The highest BCUT2D eigenvalue weighted by molar-refractivity contribution is 7.85. The van der Waals surface area contributed by atoms with E-state index in [1.807, 2.05) is 18.2 Å². The number of aliphatic hydroxyl groups excluding tert-OH is 1. The Morgan fingerprint density at radius 3 is 2.48 bits per heavy atom. The molecule has 0 spiro atoms. The number of phenols is 1. The lowest BCUT2D eigenvalue weighted by molar-refractivity contribution is 0.0803. The van der Waals surface area contributed by atoms with Gasteiger partial charge in [-0.3, -0.25) is 9.00 Å². The molecule has 0 radical (unpaired) electrons. The first kappa shape index (κ1) is 17.2. The first-order chi connectivity index (χ1) is 11.0.